The molecule has 130 valence electrons. The van der Waals surface area contributed by atoms with Crippen LogP contribution in [0.3, 0.4) is 0 Å². The predicted molar refractivity (Wildman–Crippen MR) is 96.7 cm³/mol. The third-order valence-corrected chi connectivity index (χ3v) is 4.41. The number of hydrogen-bond donors (Lipinski definition) is 1. The van der Waals surface area contributed by atoms with Gasteiger partial charge in [0, 0.05) is 19.1 Å². The molecule has 1 heterocycles. The Morgan fingerprint density at radius 3 is 2.78 bits per heavy atom. The Bertz CT molecular complexity index is 520. The zero-order chi connectivity index (χ0) is 16.1. The predicted octanol–water partition coefficient (Wildman–Crippen LogP) is 3.13. The van der Waals surface area contributed by atoms with Crippen molar-refractivity contribution in [2.24, 2.45) is 0 Å². The second-order valence-electron chi connectivity index (χ2n) is 6.43. The number of piperidine rings is 1. The molecule has 5 heteroatoms. The molecular formula is C18H29ClN2O2. The summed E-state index contributed by atoms with van der Waals surface area (Å²) in [5.74, 6) is 1.35. The Morgan fingerprint density at radius 2 is 2.17 bits per heavy atom. The molecule has 1 aliphatic rings. The van der Waals surface area contributed by atoms with Crippen molar-refractivity contribution < 1.29 is 9.53 Å². The van der Waals surface area contributed by atoms with Gasteiger partial charge >= 0.3 is 0 Å². The van der Waals surface area contributed by atoms with Crippen LogP contribution in [0.5, 0.6) is 5.75 Å². The number of benzene rings is 1. The van der Waals surface area contributed by atoms with E-state index >= 15 is 0 Å². The number of nitrogens with zero attached hydrogens (tertiary/aromatic N) is 1. The van der Waals surface area contributed by atoms with Crippen molar-refractivity contribution in [3.63, 3.8) is 0 Å². The van der Waals surface area contributed by atoms with Gasteiger partial charge < -0.3 is 15.0 Å². The summed E-state index contributed by atoms with van der Waals surface area (Å²) in [4.78, 5) is 14.2. The molecule has 23 heavy (non-hydrogen) atoms. The first-order chi connectivity index (χ1) is 10.5. The van der Waals surface area contributed by atoms with Gasteiger partial charge in [-0.15, -0.1) is 12.4 Å². The van der Waals surface area contributed by atoms with E-state index in [-0.39, 0.29) is 24.9 Å². The Labute approximate surface area is 146 Å². The van der Waals surface area contributed by atoms with Gasteiger partial charge in [-0.3, -0.25) is 4.79 Å². The summed E-state index contributed by atoms with van der Waals surface area (Å²) in [5.41, 5.74) is 2.54. The van der Waals surface area contributed by atoms with Crippen molar-refractivity contribution in [3.05, 3.63) is 29.3 Å². The molecule has 0 aromatic heterocycles. The number of likely N-dealkylation sites (N-methyl/N-ethyl adjacent to an activating group) is 1. The molecule has 1 N–H and O–H groups in total. The van der Waals surface area contributed by atoms with Crippen LogP contribution in [0.4, 0.5) is 0 Å². The number of halogens is 1. The molecule has 2 rings (SSSR count). The first-order valence-electron chi connectivity index (χ1n) is 8.19. The minimum absolute atomic E-state index is 0. The number of carbonyl (C=O) groups is 1. The van der Waals surface area contributed by atoms with Crippen molar-refractivity contribution in [2.75, 3.05) is 26.7 Å². The third-order valence-electron chi connectivity index (χ3n) is 4.41. The highest BCUT2D eigenvalue weighted by Crippen LogP contribution is 2.23. The van der Waals surface area contributed by atoms with E-state index in [9.17, 15) is 4.79 Å². The molecule has 0 aliphatic carbocycles. The van der Waals surface area contributed by atoms with Gasteiger partial charge in [-0.2, -0.15) is 0 Å². The van der Waals surface area contributed by atoms with Gasteiger partial charge in [0.15, 0.2) is 6.61 Å². The van der Waals surface area contributed by atoms with Crippen molar-refractivity contribution in [3.8, 4) is 5.75 Å². The van der Waals surface area contributed by atoms with E-state index in [0.29, 0.717) is 12.0 Å². The molecule has 1 saturated heterocycles. The molecule has 0 spiro atoms. The molecular weight excluding hydrogens is 312 g/mol. The molecule has 1 unspecified atom stereocenters. The maximum Gasteiger partial charge on any atom is 0.260 e. The number of aryl methyl sites for hydroxylation is 1. The van der Waals surface area contributed by atoms with Crippen LogP contribution in [0.25, 0.3) is 0 Å². The molecule has 0 bridgehead atoms. The lowest BCUT2D eigenvalue weighted by molar-refractivity contribution is -0.134. The number of amides is 1. The number of rotatable bonds is 5. The average Bonchev–Trinajstić information content (AvgIpc) is 2.52. The molecule has 1 aliphatic heterocycles. The summed E-state index contributed by atoms with van der Waals surface area (Å²) in [5, 5.41) is 3.25. The third kappa shape index (κ3) is 5.40. The highest BCUT2D eigenvalue weighted by Gasteiger charge is 2.22. The summed E-state index contributed by atoms with van der Waals surface area (Å²) in [6.45, 7) is 8.20. The zero-order valence-electron chi connectivity index (χ0n) is 14.6. The summed E-state index contributed by atoms with van der Waals surface area (Å²) in [6, 6.07) is 6.49. The molecule has 1 fully saturated rings. The fourth-order valence-electron chi connectivity index (χ4n) is 3.06. The van der Waals surface area contributed by atoms with Gasteiger partial charge in [0.2, 0.25) is 0 Å². The highest BCUT2D eigenvalue weighted by atomic mass is 35.5. The monoisotopic (exact) mass is 340 g/mol. The first-order valence-corrected chi connectivity index (χ1v) is 8.19. The number of likely N-dealkylation sites (tertiary alicyclic amines) is 1. The van der Waals surface area contributed by atoms with Crippen LogP contribution in [0.1, 0.15) is 43.7 Å². The number of carbonyl (C=O) groups excluding carboxylic acids is 1. The number of ether oxygens (including phenoxy) is 1. The van der Waals surface area contributed by atoms with Crippen molar-refractivity contribution in [1.82, 2.24) is 10.2 Å². The first kappa shape index (κ1) is 19.8. The van der Waals surface area contributed by atoms with Crippen molar-refractivity contribution in [2.45, 2.75) is 45.6 Å². The van der Waals surface area contributed by atoms with E-state index in [0.717, 1.165) is 31.7 Å². The van der Waals surface area contributed by atoms with E-state index < -0.39 is 0 Å². The fourth-order valence-corrected chi connectivity index (χ4v) is 3.06. The van der Waals surface area contributed by atoms with Gasteiger partial charge in [0.25, 0.3) is 5.91 Å². The van der Waals surface area contributed by atoms with Gasteiger partial charge in [-0.1, -0.05) is 19.9 Å². The Morgan fingerprint density at radius 1 is 1.43 bits per heavy atom. The van der Waals surface area contributed by atoms with E-state index in [1.807, 2.05) is 24.1 Å². The Kier molecular flexibility index (Phi) is 7.86. The van der Waals surface area contributed by atoms with Gasteiger partial charge in [0.05, 0.1) is 0 Å². The van der Waals surface area contributed by atoms with Gasteiger partial charge in [-0.05, 0) is 56.0 Å². The smallest absolute Gasteiger partial charge is 0.260 e. The van der Waals surface area contributed by atoms with Crippen LogP contribution >= 0.6 is 12.4 Å². The molecule has 0 saturated carbocycles. The molecule has 1 atom stereocenters. The van der Waals surface area contributed by atoms with Crippen LogP contribution in [0.2, 0.25) is 0 Å². The minimum atomic E-state index is 0. The summed E-state index contributed by atoms with van der Waals surface area (Å²) >= 11 is 0. The molecule has 1 aromatic carbocycles. The lowest BCUT2D eigenvalue weighted by Gasteiger charge is -2.32. The van der Waals surface area contributed by atoms with E-state index in [1.54, 1.807) is 0 Å². The zero-order valence-corrected chi connectivity index (χ0v) is 15.4. The summed E-state index contributed by atoms with van der Waals surface area (Å²) in [7, 11) is 1.95. The largest absolute Gasteiger partial charge is 0.484 e. The van der Waals surface area contributed by atoms with Gasteiger partial charge in [0.1, 0.15) is 5.75 Å². The minimum Gasteiger partial charge on any atom is -0.484 e. The standard InChI is InChI=1S/C18H28N2O2.ClH/c1-13(2)17-8-7-16(10-14(17)3)22-12-18(21)20-9-5-6-15(11-20)19-4;/h7-8,10,13,15,19H,5-6,9,11-12H2,1-4H3;1H. The quantitative estimate of drug-likeness (QED) is 0.895. The summed E-state index contributed by atoms with van der Waals surface area (Å²) in [6.07, 6.45) is 2.19. The maximum atomic E-state index is 12.3. The Balaban J connectivity index is 0.00000264. The molecule has 0 radical (unpaired) electrons. The number of hydrogen-bond acceptors (Lipinski definition) is 3. The van der Waals surface area contributed by atoms with E-state index in [1.165, 1.54) is 11.1 Å². The molecule has 1 aromatic rings. The highest BCUT2D eigenvalue weighted by molar-refractivity contribution is 5.85. The fraction of sp³-hybridized carbons (Fsp3) is 0.611. The second-order valence-corrected chi connectivity index (χ2v) is 6.43. The second kappa shape index (κ2) is 9.14. The van der Waals surface area contributed by atoms with Crippen LogP contribution in [0, 0.1) is 6.92 Å². The normalized spacial score (nSPS) is 17.8. The van der Waals surface area contributed by atoms with Crippen LogP contribution in [0.15, 0.2) is 18.2 Å². The lowest BCUT2D eigenvalue weighted by Crippen LogP contribution is -2.48. The SMILES string of the molecule is CNC1CCCN(C(=O)COc2ccc(C(C)C)c(C)c2)C1.Cl. The maximum absolute atomic E-state index is 12.3. The average molecular weight is 341 g/mol. The lowest BCUT2D eigenvalue weighted by atomic mass is 9.98. The van der Waals surface area contributed by atoms with Crippen molar-refractivity contribution >= 4 is 18.3 Å². The van der Waals surface area contributed by atoms with Gasteiger partial charge in [-0.25, -0.2) is 0 Å². The molecule has 4 nitrogen and oxygen atoms in total. The number of nitrogens with one attached hydrogen (secondary N) is 1. The van der Waals surface area contributed by atoms with E-state index in [4.69, 9.17) is 4.74 Å². The van der Waals surface area contributed by atoms with Crippen molar-refractivity contribution in [1.29, 1.82) is 0 Å². The van der Waals surface area contributed by atoms with Crippen LogP contribution in [-0.2, 0) is 4.79 Å². The van der Waals surface area contributed by atoms with E-state index in [2.05, 4.69) is 32.2 Å². The Hall–Kier alpha value is -1.26. The topological polar surface area (TPSA) is 41.6 Å². The van der Waals surface area contributed by atoms with Crippen LogP contribution < -0.4 is 10.1 Å². The molecule has 1 amide bonds. The van der Waals surface area contributed by atoms with Crippen LogP contribution in [-0.4, -0.2) is 43.6 Å². The summed E-state index contributed by atoms with van der Waals surface area (Å²) < 4.78 is 5.69.